The van der Waals surface area contributed by atoms with E-state index in [1.807, 2.05) is 0 Å². The van der Waals surface area contributed by atoms with E-state index in [1.165, 1.54) is 6.33 Å². The minimum absolute atomic E-state index is 0.0585. The summed E-state index contributed by atoms with van der Waals surface area (Å²) in [6, 6.07) is 8.53. The molecule has 136 valence electrons. The Labute approximate surface area is 153 Å². The molecule has 3 heterocycles. The number of ether oxygens (including phenoxy) is 2. The van der Waals surface area contributed by atoms with Crippen LogP contribution in [0.4, 0.5) is 28.7 Å². The molecule has 3 aromatic rings. The Hall–Kier alpha value is -3.95. The fourth-order valence-electron chi connectivity index (χ4n) is 2.56. The summed E-state index contributed by atoms with van der Waals surface area (Å²) < 4.78 is 11.0. The van der Waals surface area contributed by atoms with Crippen molar-refractivity contribution in [2.24, 2.45) is 0 Å². The molecule has 10 nitrogen and oxygen atoms in total. The van der Waals surface area contributed by atoms with E-state index in [2.05, 4.69) is 25.6 Å². The number of nitrogens with one attached hydrogen (secondary N) is 2. The fraction of sp³-hybridized carbons (Fsp3) is 0.118. The van der Waals surface area contributed by atoms with Gasteiger partial charge >= 0.3 is 5.69 Å². The number of hydrogen-bond acceptors (Lipinski definition) is 9. The fourth-order valence-corrected chi connectivity index (χ4v) is 2.56. The Kier molecular flexibility index (Phi) is 4.35. The summed E-state index contributed by atoms with van der Waals surface area (Å²) >= 11 is 0. The highest BCUT2D eigenvalue weighted by atomic mass is 16.6. The highest BCUT2D eigenvalue weighted by Gasteiger charge is 2.24. The van der Waals surface area contributed by atoms with Gasteiger partial charge in [-0.2, -0.15) is 0 Å². The third kappa shape index (κ3) is 3.54. The second kappa shape index (κ2) is 7.12. The summed E-state index contributed by atoms with van der Waals surface area (Å²) in [7, 11) is 0. The van der Waals surface area contributed by atoms with Crippen molar-refractivity contribution in [2.45, 2.75) is 0 Å². The molecule has 4 rings (SSSR count). The van der Waals surface area contributed by atoms with Gasteiger partial charge in [-0.15, -0.1) is 0 Å². The van der Waals surface area contributed by atoms with Crippen LogP contribution in [0.2, 0.25) is 0 Å². The van der Waals surface area contributed by atoms with Gasteiger partial charge in [-0.25, -0.2) is 9.97 Å². The van der Waals surface area contributed by atoms with Crippen LogP contribution >= 0.6 is 0 Å². The van der Waals surface area contributed by atoms with Crippen molar-refractivity contribution in [3.63, 3.8) is 0 Å². The maximum Gasteiger partial charge on any atom is 0.353 e. The Balaban J connectivity index is 1.66. The highest BCUT2D eigenvalue weighted by Crippen LogP contribution is 2.36. The summed E-state index contributed by atoms with van der Waals surface area (Å²) in [5.41, 5.74) is 0.928. The molecule has 1 aliphatic heterocycles. The molecule has 0 aliphatic carbocycles. The molecule has 10 heteroatoms. The summed E-state index contributed by atoms with van der Waals surface area (Å²) in [5.74, 6) is 1.33. The van der Waals surface area contributed by atoms with E-state index in [1.54, 1.807) is 42.7 Å². The lowest BCUT2D eigenvalue weighted by Gasteiger charge is -2.19. The van der Waals surface area contributed by atoms with Gasteiger partial charge in [0.15, 0.2) is 11.5 Å². The van der Waals surface area contributed by atoms with E-state index in [0.29, 0.717) is 36.1 Å². The summed E-state index contributed by atoms with van der Waals surface area (Å²) in [6.07, 6.45) is 4.39. The highest BCUT2D eigenvalue weighted by molar-refractivity contribution is 5.77. The molecule has 0 radical (unpaired) electrons. The van der Waals surface area contributed by atoms with E-state index in [4.69, 9.17) is 9.47 Å². The number of anilines is 4. The maximum absolute atomic E-state index is 11.6. The largest absolute Gasteiger partial charge is 0.486 e. The number of hydrogen-bond donors (Lipinski definition) is 2. The minimum atomic E-state index is -0.538. The lowest BCUT2D eigenvalue weighted by molar-refractivity contribution is -0.383. The van der Waals surface area contributed by atoms with Crippen molar-refractivity contribution < 1.29 is 14.4 Å². The Morgan fingerprint density at radius 1 is 0.926 bits per heavy atom. The molecule has 1 aliphatic rings. The van der Waals surface area contributed by atoms with Crippen LogP contribution in [0.1, 0.15) is 0 Å². The molecule has 0 saturated carbocycles. The van der Waals surface area contributed by atoms with Gasteiger partial charge in [0.2, 0.25) is 11.6 Å². The van der Waals surface area contributed by atoms with Crippen molar-refractivity contribution >= 4 is 28.7 Å². The van der Waals surface area contributed by atoms with Crippen LogP contribution in [0.15, 0.2) is 49.1 Å². The summed E-state index contributed by atoms with van der Waals surface area (Å²) in [5, 5.41) is 17.5. The smallest absolute Gasteiger partial charge is 0.353 e. The lowest BCUT2D eigenvalue weighted by atomic mass is 10.2. The molecule has 0 spiro atoms. The van der Waals surface area contributed by atoms with Gasteiger partial charge in [0.1, 0.15) is 19.5 Å². The minimum Gasteiger partial charge on any atom is -0.486 e. The van der Waals surface area contributed by atoms with Crippen molar-refractivity contribution in [2.75, 3.05) is 23.8 Å². The van der Waals surface area contributed by atoms with Crippen LogP contribution in [0.25, 0.3) is 0 Å². The molecule has 0 saturated heterocycles. The van der Waals surface area contributed by atoms with Crippen molar-refractivity contribution in [1.29, 1.82) is 0 Å². The van der Waals surface area contributed by atoms with E-state index < -0.39 is 4.92 Å². The standard InChI is InChI=1S/C17H14N6O4/c24-23(25)15-16(21-11-3-5-18-6-4-11)19-10-20-17(15)22-12-1-2-13-14(9-12)27-8-7-26-13/h1-6,9-10H,7-8H2,(H2,18,19,20,21,22). The van der Waals surface area contributed by atoms with Gasteiger partial charge < -0.3 is 20.1 Å². The van der Waals surface area contributed by atoms with Gasteiger partial charge in [0, 0.05) is 29.8 Å². The Morgan fingerprint density at radius 2 is 1.59 bits per heavy atom. The van der Waals surface area contributed by atoms with Crippen LogP contribution in [0.5, 0.6) is 11.5 Å². The Bertz CT molecular complexity index is 982. The average Bonchev–Trinajstić information content (AvgIpc) is 2.68. The van der Waals surface area contributed by atoms with Gasteiger partial charge in [-0.3, -0.25) is 15.1 Å². The third-order valence-electron chi connectivity index (χ3n) is 3.75. The molecule has 2 aromatic heterocycles. The normalized spacial score (nSPS) is 12.3. The predicted octanol–water partition coefficient (Wildman–Crippen LogP) is 3.04. The SMILES string of the molecule is O=[N+]([O-])c1c(Nc2ccncc2)ncnc1Nc1ccc2c(c1)OCCO2. The van der Waals surface area contributed by atoms with E-state index in [-0.39, 0.29) is 17.3 Å². The number of nitro groups is 1. The number of rotatable bonds is 5. The molecule has 0 amide bonds. The van der Waals surface area contributed by atoms with Crippen LogP contribution in [0.3, 0.4) is 0 Å². The van der Waals surface area contributed by atoms with Crippen LogP contribution in [-0.4, -0.2) is 33.1 Å². The molecule has 0 atom stereocenters. The summed E-state index contributed by atoms with van der Waals surface area (Å²) in [4.78, 5) is 23.0. The van der Waals surface area contributed by atoms with Gasteiger partial charge in [0.05, 0.1) is 4.92 Å². The van der Waals surface area contributed by atoms with Crippen molar-refractivity contribution in [1.82, 2.24) is 15.0 Å². The molecule has 0 unspecified atom stereocenters. The quantitative estimate of drug-likeness (QED) is 0.518. The molecule has 2 N–H and O–H groups in total. The molecular weight excluding hydrogens is 352 g/mol. The first kappa shape index (κ1) is 16.5. The zero-order valence-corrected chi connectivity index (χ0v) is 14.0. The molecule has 0 fully saturated rings. The predicted molar refractivity (Wildman–Crippen MR) is 96.9 cm³/mol. The number of benzene rings is 1. The lowest BCUT2D eigenvalue weighted by Crippen LogP contribution is -2.15. The molecule has 1 aromatic carbocycles. The average molecular weight is 366 g/mol. The van der Waals surface area contributed by atoms with Crippen LogP contribution in [-0.2, 0) is 0 Å². The molecular formula is C17H14N6O4. The second-order valence-electron chi connectivity index (χ2n) is 5.52. The van der Waals surface area contributed by atoms with Gasteiger partial charge in [-0.05, 0) is 24.3 Å². The first-order valence-corrected chi connectivity index (χ1v) is 8.04. The molecule has 27 heavy (non-hydrogen) atoms. The number of nitrogens with zero attached hydrogens (tertiary/aromatic N) is 4. The first-order valence-electron chi connectivity index (χ1n) is 8.04. The number of pyridine rings is 1. The van der Waals surface area contributed by atoms with Gasteiger partial charge in [-0.1, -0.05) is 0 Å². The number of aromatic nitrogens is 3. The van der Waals surface area contributed by atoms with Crippen molar-refractivity contribution in [3.8, 4) is 11.5 Å². The van der Waals surface area contributed by atoms with Crippen LogP contribution < -0.4 is 20.1 Å². The van der Waals surface area contributed by atoms with E-state index in [0.717, 1.165) is 0 Å². The van der Waals surface area contributed by atoms with Crippen LogP contribution in [0, 0.1) is 10.1 Å². The summed E-state index contributed by atoms with van der Waals surface area (Å²) in [6.45, 7) is 0.936. The molecule has 0 bridgehead atoms. The number of fused-ring (bicyclic) bond motifs is 1. The van der Waals surface area contributed by atoms with Gasteiger partial charge in [0.25, 0.3) is 0 Å². The Morgan fingerprint density at radius 3 is 2.30 bits per heavy atom. The topological polar surface area (TPSA) is 124 Å². The second-order valence-corrected chi connectivity index (χ2v) is 5.52. The zero-order valence-electron chi connectivity index (χ0n) is 14.0. The third-order valence-corrected chi connectivity index (χ3v) is 3.75. The monoisotopic (exact) mass is 366 g/mol. The van der Waals surface area contributed by atoms with E-state index in [9.17, 15) is 10.1 Å². The zero-order chi connectivity index (χ0) is 18.6. The van der Waals surface area contributed by atoms with Crippen molar-refractivity contribution in [3.05, 3.63) is 59.2 Å². The first-order chi connectivity index (χ1) is 13.2. The maximum atomic E-state index is 11.6. The van der Waals surface area contributed by atoms with E-state index >= 15 is 0 Å².